The zero-order valence-corrected chi connectivity index (χ0v) is 20.7. The molecule has 2 aromatic rings. The molecule has 2 aromatic carbocycles. The van der Waals surface area contributed by atoms with Crippen LogP contribution in [0, 0.1) is 11.8 Å². The Hall–Kier alpha value is -3.42. The highest BCUT2D eigenvalue weighted by Crippen LogP contribution is 2.43. The van der Waals surface area contributed by atoms with Crippen LogP contribution >= 0.6 is 0 Å². The molecule has 34 heavy (non-hydrogen) atoms. The first-order valence-corrected chi connectivity index (χ1v) is 11.3. The molecule has 0 unspecified atom stereocenters. The molecule has 2 atom stereocenters. The molecule has 1 aliphatic rings. The number of carbonyl (C=O) groups excluding carboxylic acids is 2. The molecule has 1 N–H and O–H groups in total. The van der Waals surface area contributed by atoms with Gasteiger partial charge >= 0.3 is 0 Å². The van der Waals surface area contributed by atoms with E-state index in [4.69, 9.17) is 18.9 Å². The van der Waals surface area contributed by atoms with Crippen molar-refractivity contribution in [2.45, 2.75) is 19.8 Å². The molecule has 184 valence electrons. The van der Waals surface area contributed by atoms with Crippen molar-refractivity contribution in [3.8, 4) is 23.0 Å². The van der Waals surface area contributed by atoms with Crippen LogP contribution in [0.15, 0.2) is 36.4 Å². The average molecular weight is 471 g/mol. The van der Waals surface area contributed by atoms with Crippen molar-refractivity contribution >= 4 is 11.8 Å². The van der Waals surface area contributed by atoms with Crippen molar-refractivity contribution in [3.05, 3.63) is 47.5 Å². The van der Waals surface area contributed by atoms with Crippen LogP contribution in [0.4, 0.5) is 0 Å². The number of hydrogen-bond donors (Lipinski definition) is 1. The first-order chi connectivity index (χ1) is 16.3. The van der Waals surface area contributed by atoms with Crippen LogP contribution in [0.3, 0.4) is 0 Å². The van der Waals surface area contributed by atoms with Gasteiger partial charge in [0.25, 0.3) is 5.91 Å². The summed E-state index contributed by atoms with van der Waals surface area (Å²) in [6.45, 7) is 5.37. The highest BCUT2D eigenvalue weighted by atomic mass is 16.5. The Morgan fingerprint density at radius 3 is 2.06 bits per heavy atom. The van der Waals surface area contributed by atoms with Gasteiger partial charge in [-0.05, 0) is 47.9 Å². The van der Waals surface area contributed by atoms with E-state index in [2.05, 4.69) is 5.32 Å². The normalized spacial score (nSPS) is 17.4. The summed E-state index contributed by atoms with van der Waals surface area (Å²) < 4.78 is 21.7. The van der Waals surface area contributed by atoms with E-state index in [1.807, 2.05) is 26.0 Å². The number of methoxy groups -OCH3 is 4. The second-order valence-electron chi connectivity index (χ2n) is 8.75. The molecule has 8 heteroatoms. The molecule has 2 amide bonds. The predicted octanol–water partition coefficient (Wildman–Crippen LogP) is 3.35. The van der Waals surface area contributed by atoms with Crippen molar-refractivity contribution in [1.82, 2.24) is 10.2 Å². The van der Waals surface area contributed by atoms with Gasteiger partial charge in [-0.3, -0.25) is 9.59 Å². The highest BCUT2D eigenvalue weighted by Gasteiger charge is 2.41. The van der Waals surface area contributed by atoms with Crippen molar-refractivity contribution in [1.29, 1.82) is 0 Å². The molecular weight excluding hydrogens is 436 g/mol. The molecule has 0 spiro atoms. The first kappa shape index (κ1) is 25.2. The predicted molar refractivity (Wildman–Crippen MR) is 129 cm³/mol. The Kier molecular flexibility index (Phi) is 8.26. The number of rotatable bonds is 9. The molecule has 0 bridgehead atoms. The third kappa shape index (κ3) is 5.38. The molecule has 1 heterocycles. The second-order valence-corrected chi connectivity index (χ2v) is 8.75. The second kappa shape index (κ2) is 11.1. The summed E-state index contributed by atoms with van der Waals surface area (Å²) in [5, 5.41) is 3.04. The van der Waals surface area contributed by atoms with Gasteiger partial charge in [0, 0.05) is 31.1 Å². The van der Waals surface area contributed by atoms with Gasteiger partial charge in [-0.2, -0.15) is 0 Å². The lowest BCUT2D eigenvalue weighted by Crippen LogP contribution is -2.37. The zero-order chi connectivity index (χ0) is 24.8. The van der Waals surface area contributed by atoms with E-state index in [9.17, 15) is 9.59 Å². The van der Waals surface area contributed by atoms with Gasteiger partial charge in [0.2, 0.25) is 11.7 Å². The Bertz CT molecular complexity index is 980. The Morgan fingerprint density at radius 1 is 0.941 bits per heavy atom. The number of carbonyl (C=O) groups is 2. The average Bonchev–Trinajstić information content (AvgIpc) is 3.31. The summed E-state index contributed by atoms with van der Waals surface area (Å²) >= 11 is 0. The molecule has 0 radical (unpaired) electrons. The summed E-state index contributed by atoms with van der Waals surface area (Å²) in [5.74, 6) is 1.67. The van der Waals surface area contributed by atoms with Crippen LogP contribution in [-0.2, 0) is 4.79 Å². The van der Waals surface area contributed by atoms with Crippen molar-refractivity contribution in [2.24, 2.45) is 11.8 Å². The molecule has 1 fully saturated rings. The minimum Gasteiger partial charge on any atom is -0.497 e. The lowest BCUT2D eigenvalue weighted by atomic mass is 9.87. The number of ether oxygens (including phenoxy) is 4. The Balaban J connectivity index is 1.95. The zero-order valence-electron chi connectivity index (χ0n) is 20.7. The Labute approximate surface area is 201 Å². The summed E-state index contributed by atoms with van der Waals surface area (Å²) in [7, 11) is 6.25. The van der Waals surface area contributed by atoms with Crippen LogP contribution in [0.25, 0.3) is 0 Å². The molecule has 8 nitrogen and oxygen atoms in total. The number of nitrogens with zero attached hydrogens (tertiary/aromatic N) is 1. The molecule has 3 rings (SSSR count). The molecular formula is C26H34N2O6. The summed E-state index contributed by atoms with van der Waals surface area (Å²) in [5.41, 5.74) is 1.40. The van der Waals surface area contributed by atoms with E-state index in [0.29, 0.717) is 54.1 Å². The summed E-state index contributed by atoms with van der Waals surface area (Å²) in [4.78, 5) is 28.2. The van der Waals surface area contributed by atoms with E-state index in [0.717, 1.165) is 5.56 Å². The van der Waals surface area contributed by atoms with Crippen LogP contribution in [0.1, 0.15) is 35.7 Å². The smallest absolute Gasteiger partial charge is 0.253 e. The van der Waals surface area contributed by atoms with Crippen LogP contribution in [0.2, 0.25) is 0 Å². The SMILES string of the molecule is COc1ccc(C(=O)N2C[C@@H](C(=O)NCC(C)C)[C@H](c3cc(OC)c(OC)c(OC)c3)C2)cc1. The maximum absolute atomic E-state index is 13.3. The van der Waals surface area contributed by atoms with E-state index < -0.39 is 5.92 Å². The topological polar surface area (TPSA) is 86.3 Å². The number of likely N-dealkylation sites (tertiary alicyclic amines) is 1. The fraction of sp³-hybridized carbons (Fsp3) is 0.462. The largest absolute Gasteiger partial charge is 0.497 e. The fourth-order valence-electron chi connectivity index (χ4n) is 4.24. The third-order valence-electron chi connectivity index (χ3n) is 6.08. The van der Waals surface area contributed by atoms with Gasteiger partial charge in [0.05, 0.1) is 34.4 Å². The van der Waals surface area contributed by atoms with Crippen molar-refractivity contribution < 1.29 is 28.5 Å². The van der Waals surface area contributed by atoms with Gasteiger partial charge in [-0.15, -0.1) is 0 Å². The van der Waals surface area contributed by atoms with Crippen LogP contribution in [-0.4, -0.2) is 64.8 Å². The number of hydrogen-bond acceptors (Lipinski definition) is 6. The van der Waals surface area contributed by atoms with Gasteiger partial charge in [0.1, 0.15) is 5.75 Å². The quantitative estimate of drug-likeness (QED) is 0.605. The molecule has 1 saturated heterocycles. The van der Waals surface area contributed by atoms with Gasteiger partial charge < -0.3 is 29.2 Å². The van der Waals surface area contributed by atoms with E-state index >= 15 is 0 Å². The van der Waals surface area contributed by atoms with Crippen molar-refractivity contribution in [2.75, 3.05) is 48.1 Å². The molecule has 0 aliphatic carbocycles. The van der Waals surface area contributed by atoms with Gasteiger partial charge in [-0.25, -0.2) is 0 Å². The van der Waals surface area contributed by atoms with Crippen LogP contribution in [0.5, 0.6) is 23.0 Å². The summed E-state index contributed by atoms with van der Waals surface area (Å²) in [6.07, 6.45) is 0. The minimum absolute atomic E-state index is 0.0718. The number of benzene rings is 2. The molecule has 0 aromatic heterocycles. The van der Waals surface area contributed by atoms with Crippen LogP contribution < -0.4 is 24.3 Å². The minimum atomic E-state index is -0.413. The molecule has 1 aliphatic heterocycles. The highest BCUT2D eigenvalue weighted by molar-refractivity contribution is 5.95. The van der Waals surface area contributed by atoms with E-state index in [1.54, 1.807) is 57.6 Å². The summed E-state index contributed by atoms with van der Waals surface area (Å²) in [6, 6.07) is 10.7. The molecule has 0 saturated carbocycles. The first-order valence-electron chi connectivity index (χ1n) is 11.3. The lowest BCUT2D eigenvalue weighted by Gasteiger charge is -2.21. The van der Waals surface area contributed by atoms with Crippen molar-refractivity contribution in [3.63, 3.8) is 0 Å². The fourth-order valence-corrected chi connectivity index (χ4v) is 4.24. The number of nitrogens with one attached hydrogen (secondary N) is 1. The van der Waals surface area contributed by atoms with Gasteiger partial charge in [-0.1, -0.05) is 13.8 Å². The standard InChI is InChI=1S/C26H34N2O6/c1-16(2)13-27-25(29)21-15-28(26(30)17-7-9-19(31-3)10-8-17)14-20(21)18-11-22(32-4)24(34-6)23(12-18)33-5/h7-12,16,20-21H,13-15H2,1-6H3,(H,27,29)/t20-,21+/m0/s1. The van der Waals surface area contributed by atoms with E-state index in [-0.39, 0.29) is 17.7 Å². The third-order valence-corrected chi connectivity index (χ3v) is 6.08. The maximum atomic E-state index is 13.3. The number of amides is 2. The lowest BCUT2D eigenvalue weighted by molar-refractivity contribution is -0.125. The van der Waals surface area contributed by atoms with Gasteiger partial charge in [0.15, 0.2) is 11.5 Å². The monoisotopic (exact) mass is 470 g/mol. The Morgan fingerprint density at radius 2 is 1.56 bits per heavy atom. The van der Waals surface area contributed by atoms with E-state index in [1.165, 1.54) is 0 Å². The maximum Gasteiger partial charge on any atom is 0.253 e.